The first-order valence-electron chi connectivity index (χ1n) is 11.6. The minimum absolute atomic E-state index is 1.15. The van der Waals surface area contributed by atoms with E-state index in [4.69, 9.17) is 0 Å². The highest BCUT2D eigenvalue weighted by Crippen LogP contribution is 2.43. The Kier molecular flexibility index (Phi) is 6.02. The van der Waals surface area contributed by atoms with Gasteiger partial charge in [-0.3, -0.25) is 0 Å². The van der Waals surface area contributed by atoms with Crippen LogP contribution in [-0.4, -0.2) is 0 Å². The van der Waals surface area contributed by atoms with Gasteiger partial charge in [0.25, 0.3) is 0 Å². The highest BCUT2D eigenvalue weighted by Gasteiger charge is 2.16. The summed E-state index contributed by atoms with van der Waals surface area (Å²) in [4.78, 5) is 4.95. The van der Waals surface area contributed by atoms with Gasteiger partial charge in [0.05, 0.1) is 0 Å². The van der Waals surface area contributed by atoms with Crippen LogP contribution in [-0.2, 0) is 0 Å². The van der Waals surface area contributed by atoms with E-state index in [0.717, 1.165) is 11.4 Å². The second-order valence-electron chi connectivity index (χ2n) is 8.28. The molecular weight excluding hydrogens is 462 g/mol. The van der Waals surface area contributed by atoms with E-state index in [9.17, 15) is 0 Å². The molecule has 0 saturated carbocycles. The van der Waals surface area contributed by atoms with Gasteiger partial charge < -0.3 is 4.90 Å². The SMILES string of the molecule is c1ccc(-c2ccc(N(c3ccc(-c4ccccc4)cc3)c3ccc(-c4cccs4)s3)cc2)cc1. The van der Waals surface area contributed by atoms with Crippen LogP contribution in [0.15, 0.2) is 139 Å². The molecule has 0 atom stereocenters. The van der Waals surface area contributed by atoms with Crippen molar-refractivity contribution in [1.29, 1.82) is 0 Å². The van der Waals surface area contributed by atoms with Gasteiger partial charge in [-0.1, -0.05) is 91.0 Å². The van der Waals surface area contributed by atoms with E-state index in [1.54, 1.807) is 11.3 Å². The van der Waals surface area contributed by atoms with Crippen LogP contribution in [0, 0.1) is 0 Å². The van der Waals surface area contributed by atoms with E-state index in [2.05, 4.69) is 144 Å². The summed E-state index contributed by atoms with van der Waals surface area (Å²) in [6.07, 6.45) is 0. The molecule has 0 fully saturated rings. The topological polar surface area (TPSA) is 3.24 Å². The minimum Gasteiger partial charge on any atom is -0.302 e. The highest BCUT2D eigenvalue weighted by molar-refractivity contribution is 7.23. The van der Waals surface area contributed by atoms with Crippen LogP contribution >= 0.6 is 22.7 Å². The Balaban J connectivity index is 1.40. The smallest absolute Gasteiger partial charge is 0.101 e. The molecule has 6 aromatic rings. The Morgan fingerprint density at radius 2 is 0.914 bits per heavy atom. The van der Waals surface area contributed by atoms with E-state index >= 15 is 0 Å². The van der Waals surface area contributed by atoms with E-state index in [1.807, 2.05) is 11.3 Å². The number of thiophene rings is 2. The molecule has 0 amide bonds. The lowest BCUT2D eigenvalue weighted by molar-refractivity contribution is 1.32. The Morgan fingerprint density at radius 1 is 0.400 bits per heavy atom. The lowest BCUT2D eigenvalue weighted by atomic mass is 10.0. The van der Waals surface area contributed by atoms with E-state index in [-0.39, 0.29) is 0 Å². The number of rotatable bonds is 6. The number of benzene rings is 4. The average molecular weight is 486 g/mol. The summed E-state index contributed by atoms with van der Waals surface area (Å²) in [6, 6.07) is 47.6. The van der Waals surface area contributed by atoms with Crippen LogP contribution in [0.2, 0.25) is 0 Å². The van der Waals surface area contributed by atoms with Gasteiger partial charge in [-0.15, -0.1) is 22.7 Å². The molecule has 35 heavy (non-hydrogen) atoms. The maximum atomic E-state index is 2.35. The summed E-state index contributed by atoms with van der Waals surface area (Å²) in [5.74, 6) is 0. The summed E-state index contributed by atoms with van der Waals surface area (Å²) < 4.78 is 0. The molecule has 6 rings (SSSR count). The van der Waals surface area contributed by atoms with Crippen molar-refractivity contribution in [2.24, 2.45) is 0 Å². The Hall–Kier alpha value is -3.92. The van der Waals surface area contributed by atoms with Crippen molar-refractivity contribution in [2.75, 3.05) is 4.90 Å². The van der Waals surface area contributed by atoms with Crippen molar-refractivity contribution in [3.63, 3.8) is 0 Å². The fraction of sp³-hybridized carbons (Fsp3) is 0. The van der Waals surface area contributed by atoms with Crippen molar-refractivity contribution in [3.05, 3.63) is 139 Å². The van der Waals surface area contributed by atoms with Gasteiger partial charge in [-0.05, 0) is 70.1 Å². The van der Waals surface area contributed by atoms with E-state index in [1.165, 1.54) is 37.0 Å². The van der Waals surface area contributed by atoms with Gasteiger partial charge in [0, 0.05) is 21.1 Å². The van der Waals surface area contributed by atoms with Gasteiger partial charge in [-0.2, -0.15) is 0 Å². The molecular formula is C32H23NS2. The average Bonchev–Trinajstić information content (AvgIpc) is 3.64. The standard InChI is InChI=1S/C32H23NS2/c1-3-8-24(9-4-1)26-13-17-28(18-14-26)33(32-22-21-31(35-32)30-12-7-23-34-30)29-19-15-27(16-20-29)25-10-5-2-6-11-25/h1-23H. The molecule has 2 heterocycles. The summed E-state index contributed by atoms with van der Waals surface area (Å²) >= 11 is 3.61. The first kappa shape index (κ1) is 21.6. The Labute approximate surface area is 214 Å². The quantitative estimate of drug-likeness (QED) is 0.227. The second-order valence-corrected chi connectivity index (χ2v) is 10.3. The fourth-order valence-electron chi connectivity index (χ4n) is 4.27. The zero-order valence-corrected chi connectivity index (χ0v) is 20.7. The molecule has 3 heteroatoms. The summed E-state index contributed by atoms with van der Waals surface area (Å²) in [5, 5.41) is 3.34. The molecule has 0 unspecified atom stereocenters. The maximum Gasteiger partial charge on any atom is 0.101 e. The Morgan fingerprint density at radius 3 is 1.40 bits per heavy atom. The predicted octanol–water partition coefficient (Wildman–Crippen LogP) is 10.3. The van der Waals surface area contributed by atoms with Crippen molar-refractivity contribution in [1.82, 2.24) is 0 Å². The van der Waals surface area contributed by atoms with Crippen molar-refractivity contribution < 1.29 is 0 Å². The van der Waals surface area contributed by atoms with Crippen molar-refractivity contribution in [2.45, 2.75) is 0 Å². The van der Waals surface area contributed by atoms with Crippen LogP contribution in [0.3, 0.4) is 0 Å². The van der Waals surface area contributed by atoms with E-state index < -0.39 is 0 Å². The number of hydrogen-bond acceptors (Lipinski definition) is 3. The van der Waals surface area contributed by atoms with Crippen LogP contribution in [0.5, 0.6) is 0 Å². The summed E-state index contributed by atoms with van der Waals surface area (Å²) in [6.45, 7) is 0. The normalized spacial score (nSPS) is 10.9. The molecule has 4 aromatic carbocycles. The number of hydrogen-bond donors (Lipinski definition) is 0. The third-order valence-electron chi connectivity index (χ3n) is 6.04. The lowest BCUT2D eigenvalue weighted by Crippen LogP contribution is -2.08. The van der Waals surface area contributed by atoms with Crippen LogP contribution in [0.25, 0.3) is 32.0 Å². The van der Waals surface area contributed by atoms with Gasteiger partial charge in [0.1, 0.15) is 5.00 Å². The van der Waals surface area contributed by atoms with Gasteiger partial charge in [0.2, 0.25) is 0 Å². The molecule has 1 nitrogen and oxygen atoms in total. The van der Waals surface area contributed by atoms with Gasteiger partial charge in [-0.25, -0.2) is 0 Å². The summed E-state index contributed by atoms with van der Waals surface area (Å²) in [7, 11) is 0. The highest BCUT2D eigenvalue weighted by atomic mass is 32.1. The van der Waals surface area contributed by atoms with Crippen LogP contribution < -0.4 is 4.90 Å². The van der Waals surface area contributed by atoms with Crippen molar-refractivity contribution >= 4 is 39.0 Å². The molecule has 168 valence electrons. The van der Waals surface area contributed by atoms with Gasteiger partial charge in [0.15, 0.2) is 0 Å². The first-order valence-corrected chi connectivity index (χ1v) is 13.3. The maximum absolute atomic E-state index is 2.35. The molecule has 2 aromatic heterocycles. The molecule has 0 aliphatic carbocycles. The Bertz CT molecular complexity index is 1420. The van der Waals surface area contributed by atoms with Crippen LogP contribution in [0.4, 0.5) is 16.4 Å². The minimum atomic E-state index is 1.15. The fourth-order valence-corrected chi connectivity index (χ4v) is 6.15. The molecule has 0 aliphatic rings. The largest absolute Gasteiger partial charge is 0.302 e. The molecule has 0 aliphatic heterocycles. The third kappa shape index (κ3) is 4.57. The molecule has 0 spiro atoms. The second kappa shape index (κ2) is 9.75. The predicted molar refractivity (Wildman–Crippen MR) is 153 cm³/mol. The monoisotopic (exact) mass is 485 g/mol. The molecule has 0 saturated heterocycles. The van der Waals surface area contributed by atoms with E-state index in [0.29, 0.717) is 0 Å². The molecule has 0 N–H and O–H groups in total. The third-order valence-corrected chi connectivity index (χ3v) is 8.18. The van der Waals surface area contributed by atoms with Gasteiger partial charge >= 0.3 is 0 Å². The zero-order valence-electron chi connectivity index (χ0n) is 19.0. The lowest BCUT2D eigenvalue weighted by Gasteiger charge is -2.24. The van der Waals surface area contributed by atoms with Crippen molar-refractivity contribution in [3.8, 4) is 32.0 Å². The summed E-state index contributed by atoms with van der Waals surface area (Å²) in [5.41, 5.74) is 7.20. The number of anilines is 3. The first-order chi connectivity index (χ1) is 17.3. The van der Waals surface area contributed by atoms with Crippen LogP contribution in [0.1, 0.15) is 0 Å². The molecule has 0 radical (unpaired) electrons. The zero-order chi connectivity index (χ0) is 23.5. The number of nitrogens with zero attached hydrogens (tertiary/aromatic N) is 1. The molecule has 0 bridgehead atoms.